The number of nitrogens with zero attached hydrogens (tertiary/aromatic N) is 1. The molecule has 0 fully saturated rings. The highest BCUT2D eigenvalue weighted by molar-refractivity contribution is 5.85. The fourth-order valence-electron chi connectivity index (χ4n) is 4.06. The zero-order valence-electron chi connectivity index (χ0n) is 18.9. The van der Waals surface area contributed by atoms with Gasteiger partial charge in [-0.15, -0.1) is 0 Å². The molecule has 160 valence electrons. The van der Waals surface area contributed by atoms with Gasteiger partial charge in [0.05, 0.1) is 0 Å². The van der Waals surface area contributed by atoms with E-state index in [2.05, 4.69) is 114 Å². The van der Waals surface area contributed by atoms with Crippen molar-refractivity contribution in [2.45, 2.75) is 26.3 Å². The fourth-order valence-corrected chi connectivity index (χ4v) is 4.06. The molecule has 32 heavy (non-hydrogen) atoms. The number of hydrogen-bond acceptors (Lipinski definition) is 2. The first-order valence-electron chi connectivity index (χ1n) is 11.2. The van der Waals surface area contributed by atoms with Crippen LogP contribution in [0.25, 0.3) is 22.3 Å². The van der Waals surface area contributed by atoms with Gasteiger partial charge in [0.1, 0.15) is 0 Å². The Hall–Kier alpha value is -3.65. The van der Waals surface area contributed by atoms with Gasteiger partial charge in [0.15, 0.2) is 0 Å². The topological polar surface area (TPSA) is 24.4 Å². The van der Waals surface area contributed by atoms with Gasteiger partial charge in [0, 0.05) is 31.6 Å². The maximum absolute atomic E-state index is 4.23. The number of rotatable bonds is 7. The molecule has 0 saturated heterocycles. The normalized spacial score (nSPS) is 13.9. The molecule has 0 atom stereocenters. The van der Waals surface area contributed by atoms with E-state index in [9.17, 15) is 0 Å². The molecule has 0 bridgehead atoms. The van der Waals surface area contributed by atoms with Crippen molar-refractivity contribution in [3.63, 3.8) is 0 Å². The third kappa shape index (κ3) is 5.53. The van der Waals surface area contributed by atoms with Crippen molar-refractivity contribution in [3.05, 3.63) is 119 Å². The highest BCUT2D eigenvalue weighted by atomic mass is 14.8. The van der Waals surface area contributed by atoms with E-state index in [0.717, 1.165) is 25.0 Å². The Bertz CT molecular complexity index is 1160. The Morgan fingerprint density at radius 1 is 0.875 bits per heavy atom. The van der Waals surface area contributed by atoms with Crippen LogP contribution in [0.5, 0.6) is 0 Å². The third-order valence-corrected chi connectivity index (χ3v) is 5.62. The lowest BCUT2D eigenvalue weighted by atomic mass is 9.97. The van der Waals surface area contributed by atoms with Gasteiger partial charge in [0.25, 0.3) is 0 Å². The minimum atomic E-state index is 0.773. The molecule has 0 amide bonds. The molecule has 1 aliphatic rings. The molecular formula is C30H30N2. The number of allylic oxidation sites excluding steroid dienone is 5. The first kappa shape index (κ1) is 21.6. The molecule has 1 N–H and O–H groups in total. The Labute approximate surface area is 191 Å². The van der Waals surface area contributed by atoms with Crippen molar-refractivity contribution in [2.24, 2.45) is 4.99 Å². The van der Waals surface area contributed by atoms with Gasteiger partial charge in [0.2, 0.25) is 0 Å². The van der Waals surface area contributed by atoms with Gasteiger partial charge < -0.3 is 5.32 Å². The van der Waals surface area contributed by atoms with Crippen LogP contribution in [-0.2, 0) is 6.54 Å². The summed E-state index contributed by atoms with van der Waals surface area (Å²) in [6, 6.07) is 26.1. The molecule has 0 unspecified atom stereocenters. The second-order valence-electron chi connectivity index (χ2n) is 8.16. The van der Waals surface area contributed by atoms with Crippen molar-refractivity contribution in [1.29, 1.82) is 0 Å². The molecule has 0 aliphatic heterocycles. The molecule has 2 nitrogen and oxygen atoms in total. The second-order valence-corrected chi connectivity index (χ2v) is 8.16. The maximum Gasteiger partial charge on any atom is 0.0395 e. The molecule has 0 spiro atoms. The lowest BCUT2D eigenvalue weighted by Gasteiger charge is -2.11. The summed E-state index contributed by atoms with van der Waals surface area (Å²) in [5.74, 6) is 0. The summed E-state index contributed by atoms with van der Waals surface area (Å²) in [7, 11) is 1.82. The summed E-state index contributed by atoms with van der Waals surface area (Å²) in [6.07, 6.45) is 12.9. The number of hydrogen-bond donors (Lipinski definition) is 1. The fraction of sp³-hybridized carbons (Fsp3) is 0.167. The molecule has 0 heterocycles. The Morgan fingerprint density at radius 2 is 1.59 bits per heavy atom. The van der Waals surface area contributed by atoms with Crippen molar-refractivity contribution >= 4 is 6.21 Å². The van der Waals surface area contributed by atoms with Crippen LogP contribution < -0.4 is 5.32 Å². The van der Waals surface area contributed by atoms with Gasteiger partial charge in [-0.3, -0.25) is 4.99 Å². The molecule has 3 aromatic carbocycles. The zero-order valence-corrected chi connectivity index (χ0v) is 18.9. The van der Waals surface area contributed by atoms with E-state index in [-0.39, 0.29) is 0 Å². The first-order valence-corrected chi connectivity index (χ1v) is 11.2. The van der Waals surface area contributed by atoms with Gasteiger partial charge in [-0.25, -0.2) is 0 Å². The minimum Gasteiger partial charge on any atom is -0.386 e. The minimum absolute atomic E-state index is 0.773. The standard InChI is InChI=1S/C30H30N2/c1-23-17-24(20-32-22-30(21-31-2)26-11-7-4-8-12-26)19-29(18-23)28-15-13-27(14-16-28)25-9-5-3-6-10-25/h3,5-7,9-19,21-22,32H,4,8,20H2,1-2H3. The number of nitrogens with one attached hydrogen (secondary N) is 1. The molecule has 0 saturated carbocycles. The predicted octanol–water partition coefficient (Wildman–Crippen LogP) is 7.28. The number of aryl methyl sites for hydroxylation is 1. The third-order valence-electron chi connectivity index (χ3n) is 5.62. The molecule has 0 aromatic heterocycles. The van der Waals surface area contributed by atoms with E-state index >= 15 is 0 Å². The van der Waals surface area contributed by atoms with Crippen LogP contribution in [0.3, 0.4) is 0 Å². The van der Waals surface area contributed by atoms with Crippen molar-refractivity contribution in [3.8, 4) is 22.3 Å². The van der Waals surface area contributed by atoms with Crippen LogP contribution >= 0.6 is 0 Å². The Morgan fingerprint density at radius 3 is 2.28 bits per heavy atom. The first-order chi connectivity index (χ1) is 15.7. The van der Waals surface area contributed by atoms with E-state index in [4.69, 9.17) is 0 Å². The largest absolute Gasteiger partial charge is 0.386 e. The van der Waals surface area contributed by atoms with Crippen molar-refractivity contribution in [2.75, 3.05) is 7.05 Å². The molecular weight excluding hydrogens is 388 g/mol. The van der Waals surface area contributed by atoms with Gasteiger partial charge in [-0.05, 0) is 59.2 Å². The van der Waals surface area contributed by atoms with E-state index in [1.165, 1.54) is 39.0 Å². The highest BCUT2D eigenvalue weighted by Crippen LogP contribution is 2.26. The average Bonchev–Trinajstić information content (AvgIpc) is 2.84. The molecule has 2 heteroatoms. The SMILES string of the molecule is CN=CC(=CNCc1cc(C)cc(-c2ccc(-c3ccccc3)cc2)c1)C1=CCCC=C1. The zero-order chi connectivity index (χ0) is 22.2. The van der Waals surface area contributed by atoms with Crippen molar-refractivity contribution in [1.82, 2.24) is 5.32 Å². The van der Waals surface area contributed by atoms with Crippen LogP contribution in [-0.4, -0.2) is 13.3 Å². The van der Waals surface area contributed by atoms with Gasteiger partial charge >= 0.3 is 0 Å². The molecule has 4 rings (SSSR count). The maximum atomic E-state index is 4.23. The monoisotopic (exact) mass is 418 g/mol. The highest BCUT2D eigenvalue weighted by Gasteiger charge is 2.05. The Kier molecular flexibility index (Phi) is 7.14. The summed E-state index contributed by atoms with van der Waals surface area (Å²) in [4.78, 5) is 4.23. The van der Waals surface area contributed by atoms with Crippen LogP contribution in [0.2, 0.25) is 0 Å². The summed E-state index contributed by atoms with van der Waals surface area (Å²) >= 11 is 0. The van der Waals surface area contributed by atoms with Gasteiger partial charge in [-0.1, -0.05) is 90.5 Å². The Balaban J connectivity index is 1.50. The van der Waals surface area contributed by atoms with E-state index in [1.807, 2.05) is 13.3 Å². The summed E-state index contributed by atoms with van der Waals surface area (Å²) in [5, 5.41) is 3.49. The smallest absolute Gasteiger partial charge is 0.0395 e. The van der Waals surface area contributed by atoms with E-state index in [0.29, 0.717) is 0 Å². The van der Waals surface area contributed by atoms with Crippen LogP contribution in [0.15, 0.2) is 113 Å². The molecule has 1 aliphatic carbocycles. The number of aliphatic imine (C=N–C) groups is 1. The van der Waals surface area contributed by atoms with Crippen LogP contribution in [0.1, 0.15) is 24.0 Å². The van der Waals surface area contributed by atoms with E-state index < -0.39 is 0 Å². The molecule has 0 radical (unpaired) electrons. The van der Waals surface area contributed by atoms with Crippen LogP contribution in [0, 0.1) is 6.92 Å². The lowest BCUT2D eigenvalue weighted by Crippen LogP contribution is -2.08. The van der Waals surface area contributed by atoms with Crippen molar-refractivity contribution < 1.29 is 0 Å². The van der Waals surface area contributed by atoms with E-state index in [1.54, 1.807) is 0 Å². The molecule has 3 aromatic rings. The predicted molar refractivity (Wildman–Crippen MR) is 138 cm³/mol. The summed E-state index contributed by atoms with van der Waals surface area (Å²) < 4.78 is 0. The summed E-state index contributed by atoms with van der Waals surface area (Å²) in [6.45, 7) is 2.93. The second kappa shape index (κ2) is 10.6. The van der Waals surface area contributed by atoms with Gasteiger partial charge in [-0.2, -0.15) is 0 Å². The lowest BCUT2D eigenvalue weighted by molar-refractivity contribution is 0.865. The average molecular weight is 419 g/mol. The van der Waals surface area contributed by atoms with Crippen LogP contribution in [0.4, 0.5) is 0 Å². The number of benzene rings is 3. The quantitative estimate of drug-likeness (QED) is 0.401. The summed E-state index contributed by atoms with van der Waals surface area (Å²) in [5.41, 5.74) is 9.86.